The fraction of sp³-hybridized carbons (Fsp3) is 0.353. The molecule has 1 saturated heterocycles. The van der Waals surface area contributed by atoms with Crippen molar-refractivity contribution in [2.24, 2.45) is 0 Å². The minimum atomic E-state index is -0.537. The molecule has 1 aliphatic rings. The molecule has 10 heteroatoms. The molecule has 1 aromatic heterocycles. The van der Waals surface area contributed by atoms with Gasteiger partial charge in [-0.05, 0) is 18.2 Å². The zero-order chi connectivity index (χ0) is 19.4. The lowest BCUT2D eigenvalue weighted by atomic mass is 10.3. The normalized spacial score (nSPS) is 15.0. The first-order chi connectivity index (χ1) is 12.9. The average Bonchev–Trinajstić information content (AvgIpc) is 3.05. The molecular formula is C17H17Cl2N3O4S. The van der Waals surface area contributed by atoms with Crippen LogP contribution in [-0.4, -0.2) is 53.4 Å². The van der Waals surface area contributed by atoms with Crippen molar-refractivity contribution in [2.75, 3.05) is 32.8 Å². The topological polar surface area (TPSA) is 75.9 Å². The number of thiophene rings is 1. The highest BCUT2D eigenvalue weighted by Gasteiger charge is 2.22. The number of hydrogen-bond acceptors (Lipinski definition) is 6. The first kappa shape index (κ1) is 19.9. The van der Waals surface area contributed by atoms with E-state index in [1.807, 2.05) is 12.1 Å². The molecule has 144 valence electrons. The van der Waals surface area contributed by atoms with E-state index >= 15 is 0 Å². The van der Waals surface area contributed by atoms with Gasteiger partial charge in [-0.15, -0.1) is 11.3 Å². The standard InChI is InChI=1S/C17H17Cl2N3O4S/c18-14-9-12(22(24)25)1-3-15(14)26-11-17(23)21-7-5-20(6-8-21)10-13-2-4-16(19)27-13/h1-4,9H,5-8,10-11H2. The summed E-state index contributed by atoms with van der Waals surface area (Å²) in [7, 11) is 0. The summed E-state index contributed by atoms with van der Waals surface area (Å²) in [4.78, 5) is 27.7. The second-order valence-electron chi connectivity index (χ2n) is 6.02. The van der Waals surface area contributed by atoms with Crippen LogP contribution < -0.4 is 4.74 Å². The van der Waals surface area contributed by atoms with Gasteiger partial charge in [0.25, 0.3) is 11.6 Å². The molecule has 7 nitrogen and oxygen atoms in total. The second kappa shape index (κ2) is 8.88. The SMILES string of the molecule is O=C(COc1ccc([N+](=O)[O-])cc1Cl)N1CCN(Cc2ccc(Cl)s2)CC1. The van der Waals surface area contributed by atoms with Crippen molar-refractivity contribution in [3.63, 3.8) is 0 Å². The highest BCUT2D eigenvalue weighted by Crippen LogP contribution is 2.28. The maximum Gasteiger partial charge on any atom is 0.271 e. The maximum absolute atomic E-state index is 12.3. The molecule has 0 aliphatic carbocycles. The Morgan fingerprint density at radius 1 is 1.19 bits per heavy atom. The molecule has 0 radical (unpaired) electrons. The number of nitrogens with zero attached hydrogens (tertiary/aromatic N) is 3. The minimum Gasteiger partial charge on any atom is -0.482 e. The van der Waals surface area contributed by atoms with Gasteiger partial charge in [-0.1, -0.05) is 23.2 Å². The van der Waals surface area contributed by atoms with E-state index in [0.717, 1.165) is 24.0 Å². The molecule has 0 saturated carbocycles. The van der Waals surface area contributed by atoms with E-state index in [-0.39, 0.29) is 29.0 Å². The summed E-state index contributed by atoms with van der Waals surface area (Å²) in [5.41, 5.74) is -0.123. The number of hydrogen-bond donors (Lipinski definition) is 0. The summed E-state index contributed by atoms with van der Waals surface area (Å²) in [6, 6.07) is 7.81. The van der Waals surface area contributed by atoms with E-state index in [0.29, 0.717) is 13.1 Å². The Labute approximate surface area is 170 Å². The van der Waals surface area contributed by atoms with Crippen molar-refractivity contribution < 1.29 is 14.5 Å². The average molecular weight is 430 g/mol. The molecule has 2 heterocycles. The summed E-state index contributed by atoms with van der Waals surface area (Å²) in [6.45, 7) is 3.47. The van der Waals surface area contributed by atoms with Crippen molar-refractivity contribution in [1.82, 2.24) is 9.80 Å². The van der Waals surface area contributed by atoms with E-state index in [1.54, 1.807) is 16.2 Å². The summed E-state index contributed by atoms with van der Waals surface area (Å²) in [5.74, 6) is 0.118. The van der Waals surface area contributed by atoms with Crippen LogP contribution in [-0.2, 0) is 11.3 Å². The molecule has 0 bridgehead atoms. The first-order valence-corrected chi connectivity index (χ1v) is 9.80. The summed E-state index contributed by atoms with van der Waals surface area (Å²) in [5, 5.41) is 10.8. The van der Waals surface area contributed by atoms with Crippen molar-refractivity contribution in [1.29, 1.82) is 0 Å². The van der Waals surface area contributed by atoms with E-state index in [4.69, 9.17) is 27.9 Å². The predicted octanol–water partition coefficient (Wildman–Crippen LogP) is 3.69. The number of nitro groups is 1. The van der Waals surface area contributed by atoms with Crippen LogP contribution >= 0.6 is 34.5 Å². The van der Waals surface area contributed by atoms with Crippen LogP contribution in [0.2, 0.25) is 9.36 Å². The quantitative estimate of drug-likeness (QED) is 0.516. The number of carbonyl (C=O) groups excluding carboxylic acids is 1. The van der Waals surface area contributed by atoms with Crippen LogP contribution in [0.15, 0.2) is 30.3 Å². The third kappa shape index (κ3) is 5.32. The van der Waals surface area contributed by atoms with Crippen LogP contribution in [0.25, 0.3) is 0 Å². The Balaban J connectivity index is 1.46. The molecule has 0 atom stereocenters. The van der Waals surface area contributed by atoms with Crippen LogP contribution in [0.3, 0.4) is 0 Å². The molecular weight excluding hydrogens is 413 g/mol. The number of piperazine rings is 1. The Hall–Kier alpha value is -1.87. The Kier molecular flexibility index (Phi) is 6.54. The molecule has 27 heavy (non-hydrogen) atoms. The molecule has 0 N–H and O–H groups in total. The minimum absolute atomic E-state index is 0.108. The van der Waals surface area contributed by atoms with Crippen molar-refractivity contribution in [3.8, 4) is 5.75 Å². The van der Waals surface area contributed by atoms with Gasteiger partial charge in [0.1, 0.15) is 5.75 Å². The van der Waals surface area contributed by atoms with Gasteiger partial charge in [0, 0.05) is 49.7 Å². The van der Waals surface area contributed by atoms with Crippen LogP contribution in [0.1, 0.15) is 4.88 Å². The van der Waals surface area contributed by atoms with Gasteiger partial charge in [0.05, 0.1) is 14.3 Å². The maximum atomic E-state index is 12.3. The van der Waals surface area contributed by atoms with Crippen LogP contribution in [0.5, 0.6) is 5.75 Å². The van der Waals surface area contributed by atoms with Gasteiger partial charge in [0.15, 0.2) is 6.61 Å². The highest BCUT2D eigenvalue weighted by molar-refractivity contribution is 7.16. The predicted molar refractivity (Wildman–Crippen MR) is 105 cm³/mol. The van der Waals surface area contributed by atoms with Gasteiger partial charge in [-0.3, -0.25) is 19.8 Å². The van der Waals surface area contributed by atoms with Crippen LogP contribution in [0.4, 0.5) is 5.69 Å². The lowest BCUT2D eigenvalue weighted by molar-refractivity contribution is -0.384. The summed E-state index contributed by atoms with van der Waals surface area (Å²) < 4.78 is 6.22. The zero-order valence-electron chi connectivity index (χ0n) is 14.3. The third-order valence-electron chi connectivity index (χ3n) is 4.21. The number of halogens is 2. The Morgan fingerprint density at radius 2 is 1.93 bits per heavy atom. The van der Waals surface area contributed by atoms with Crippen molar-refractivity contribution >= 4 is 46.1 Å². The molecule has 0 spiro atoms. The van der Waals surface area contributed by atoms with E-state index in [9.17, 15) is 14.9 Å². The van der Waals surface area contributed by atoms with E-state index < -0.39 is 4.92 Å². The fourth-order valence-electron chi connectivity index (χ4n) is 2.76. The molecule has 0 unspecified atom stereocenters. The molecule has 1 fully saturated rings. The van der Waals surface area contributed by atoms with Gasteiger partial charge < -0.3 is 9.64 Å². The Morgan fingerprint density at radius 3 is 2.52 bits per heavy atom. The van der Waals surface area contributed by atoms with Gasteiger partial charge >= 0.3 is 0 Å². The zero-order valence-corrected chi connectivity index (χ0v) is 16.6. The number of nitro benzene ring substituents is 1. The number of non-ortho nitro benzene ring substituents is 1. The lowest BCUT2D eigenvalue weighted by Gasteiger charge is -2.34. The van der Waals surface area contributed by atoms with Gasteiger partial charge in [0.2, 0.25) is 0 Å². The molecule has 1 aromatic carbocycles. The van der Waals surface area contributed by atoms with Crippen LogP contribution in [0, 0.1) is 10.1 Å². The highest BCUT2D eigenvalue weighted by atomic mass is 35.5. The third-order valence-corrected chi connectivity index (χ3v) is 5.72. The molecule has 2 aromatic rings. The number of rotatable bonds is 6. The van der Waals surface area contributed by atoms with Crippen molar-refractivity contribution in [3.05, 3.63) is 54.7 Å². The Bertz CT molecular complexity index is 837. The number of benzene rings is 1. The van der Waals surface area contributed by atoms with E-state index in [2.05, 4.69) is 4.90 Å². The molecule has 1 amide bonds. The second-order valence-corrected chi connectivity index (χ2v) is 8.23. The van der Waals surface area contributed by atoms with Gasteiger partial charge in [-0.25, -0.2) is 0 Å². The fourth-order valence-corrected chi connectivity index (χ4v) is 4.12. The molecule has 3 rings (SSSR count). The summed E-state index contributed by atoms with van der Waals surface area (Å²) >= 11 is 13.5. The van der Waals surface area contributed by atoms with Gasteiger partial charge in [-0.2, -0.15) is 0 Å². The molecule has 1 aliphatic heterocycles. The van der Waals surface area contributed by atoms with E-state index in [1.165, 1.54) is 23.1 Å². The smallest absolute Gasteiger partial charge is 0.271 e. The number of amides is 1. The number of carbonyl (C=O) groups is 1. The summed E-state index contributed by atoms with van der Waals surface area (Å²) in [6.07, 6.45) is 0. The van der Waals surface area contributed by atoms with Crippen molar-refractivity contribution in [2.45, 2.75) is 6.54 Å². The first-order valence-electron chi connectivity index (χ1n) is 8.23. The lowest BCUT2D eigenvalue weighted by Crippen LogP contribution is -2.49. The number of ether oxygens (including phenoxy) is 1. The monoisotopic (exact) mass is 429 g/mol. The largest absolute Gasteiger partial charge is 0.482 e.